The van der Waals surface area contributed by atoms with E-state index in [1.165, 1.54) is 11.3 Å². The fraction of sp³-hybridized carbons (Fsp3) is 0.615. The molecule has 5 nitrogen and oxygen atoms in total. The zero-order valence-corrected chi connectivity index (χ0v) is 13.1. The second kappa shape index (κ2) is 6.76. The summed E-state index contributed by atoms with van der Waals surface area (Å²) in [4.78, 5) is 14.9. The molecular formula is C13H19ClN2O3S. The van der Waals surface area contributed by atoms with Crippen molar-refractivity contribution >= 4 is 29.0 Å². The van der Waals surface area contributed by atoms with Crippen LogP contribution in [0.4, 0.5) is 4.79 Å². The van der Waals surface area contributed by atoms with E-state index >= 15 is 0 Å². The van der Waals surface area contributed by atoms with Gasteiger partial charge in [0.2, 0.25) is 0 Å². The summed E-state index contributed by atoms with van der Waals surface area (Å²) in [7, 11) is 0. The Morgan fingerprint density at radius 3 is 3.00 bits per heavy atom. The van der Waals surface area contributed by atoms with Gasteiger partial charge in [-0.3, -0.25) is 0 Å². The lowest BCUT2D eigenvalue weighted by molar-refractivity contribution is -0.0835. The molecule has 1 aromatic rings. The first-order chi connectivity index (χ1) is 9.49. The van der Waals surface area contributed by atoms with E-state index in [9.17, 15) is 9.90 Å². The van der Waals surface area contributed by atoms with Crippen molar-refractivity contribution in [2.75, 3.05) is 19.7 Å². The van der Waals surface area contributed by atoms with Crippen molar-refractivity contribution in [3.63, 3.8) is 0 Å². The standard InChI is InChI=1S/C13H19ClN2O3S/c1-8-5-16(6-10(7-17)19-8)13(18)15-9(2)11-3-4-12(14)20-11/h3-4,8-10,17H,5-7H2,1-2H3,(H,15,18)/t8-,9-,10+/m1/s1. The first kappa shape index (κ1) is 15.6. The summed E-state index contributed by atoms with van der Waals surface area (Å²) in [6, 6.07) is 3.50. The van der Waals surface area contributed by atoms with Crippen molar-refractivity contribution in [2.24, 2.45) is 0 Å². The Morgan fingerprint density at radius 2 is 2.40 bits per heavy atom. The van der Waals surface area contributed by atoms with E-state index in [4.69, 9.17) is 16.3 Å². The van der Waals surface area contributed by atoms with Gasteiger partial charge in [-0.2, -0.15) is 0 Å². The molecule has 1 aliphatic rings. The number of rotatable bonds is 3. The van der Waals surface area contributed by atoms with Crippen molar-refractivity contribution < 1.29 is 14.6 Å². The largest absolute Gasteiger partial charge is 0.394 e. The first-order valence-electron chi connectivity index (χ1n) is 6.56. The summed E-state index contributed by atoms with van der Waals surface area (Å²) in [5.74, 6) is 0. The smallest absolute Gasteiger partial charge is 0.318 e. The number of hydrogen-bond acceptors (Lipinski definition) is 4. The van der Waals surface area contributed by atoms with Gasteiger partial charge >= 0.3 is 6.03 Å². The SMILES string of the molecule is C[C@@H]1CN(C(=O)N[C@H](C)c2ccc(Cl)s2)C[C@@H](CO)O1. The van der Waals surface area contributed by atoms with Crippen LogP contribution in [0.1, 0.15) is 24.8 Å². The molecule has 0 aromatic carbocycles. The summed E-state index contributed by atoms with van der Waals surface area (Å²) in [6.45, 7) is 4.67. The molecule has 1 saturated heterocycles. The number of halogens is 1. The number of morpholine rings is 1. The summed E-state index contributed by atoms with van der Waals surface area (Å²) in [6.07, 6.45) is -0.380. The number of thiophene rings is 1. The highest BCUT2D eigenvalue weighted by atomic mass is 35.5. The lowest BCUT2D eigenvalue weighted by Gasteiger charge is -2.36. The van der Waals surface area contributed by atoms with Crippen molar-refractivity contribution in [3.05, 3.63) is 21.3 Å². The van der Waals surface area contributed by atoms with E-state index in [1.807, 2.05) is 26.0 Å². The quantitative estimate of drug-likeness (QED) is 0.898. The molecule has 0 saturated carbocycles. The Balaban J connectivity index is 1.93. The van der Waals surface area contributed by atoms with Gasteiger partial charge in [0.1, 0.15) is 0 Å². The molecule has 0 unspecified atom stereocenters. The molecule has 20 heavy (non-hydrogen) atoms. The highest BCUT2D eigenvalue weighted by Crippen LogP contribution is 2.26. The van der Waals surface area contributed by atoms with Crippen molar-refractivity contribution in [1.82, 2.24) is 10.2 Å². The Morgan fingerprint density at radius 1 is 1.65 bits per heavy atom. The Bertz CT molecular complexity index is 468. The van der Waals surface area contributed by atoms with Crippen LogP contribution in [0, 0.1) is 0 Å². The fourth-order valence-electron chi connectivity index (χ4n) is 2.22. The van der Waals surface area contributed by atoms with E-state index in [0.29, 0.717) is 17.4 Å². The summed E-state index contributed by atoms with van der Waals surface area (Å²) in [5, 5.41) is 12.1. The second-order valence-electron chi connectivity index (χ2n) is 4.97. The van der Waals surface area contributed by atoms with Crippen LogP contribution in [0.15, 0.2) is 12.1 Å². The van der Waals surface area contributed by atoms with Crippen LogP contribution < -0.4 is 5.32 Å². The molecule has 1 fully saturated rings. The maximum absolute atomic E-state index is 12.2. The van der Waals surface area contributed by atoms with Gasteiger partial charge in [0.05, 0.1) is 35.7 Å². The number of amides is 2. The zero-order valence-electron chi connectivity index (χ0n) is 11.5. The van der Waals surface area contributed by atoms with E-state index in [0.717, 1.165) is 4.88 Å². The topological polar surface area (TPSA) is 61.8 Å². The van der Waals surface area contributed by atoms with Crippen LogP contribution in [0.3, 0.4) is 0 Å². The molecule has 7 heteroatoms. The van der Waals surface area contributed by atoms with Gasteiger partial charge < -0.3 is 20.1 Å². The monoisotopic (exact) mass is 318 g/mol. The number of aliphatic hydroxyl groups is 1. The average molecular weight is 319 g/mol. The predicted molar refractivity (Wildman–Crippen MR) is 79.3 cm³/mol. The van der Waals surface area contributed by atoms with Crippen LogP contribution in [0.5, 0.6) is 0 Å². The third-order valence-corrected chi connectivity index (χ3v) is 4.59. The van der Waals surface area contributed by atoms with Gasteiger partial charge in [-0.15, -0.1) is 11.3 Å². The third kappa shape index (κ3) is 3.85. The van der Waals surface area contributed by atoms with Gasteiger partial charge in [0.15, 0.2) is 0 Å². The van der Waals surface area contributed by atoms with Gasteiger partial charge in [0, 0.05) is 11.4 Å². The molecular weight excluding hydrogens is 300 g/mol. The van der Waals surface area contributed by atoms with E-state index in [1.54, 1.807) is 4.90 Å². The maximum Gasteiger partial charge on any atom is 0.318 e. The predicted octanol–water partition coefficient (Wildman–Crippen LogP) is 2.25. The lowest BCUT2D eigenvalue weighted by atomic mass is 10.2. The number of nitrogens with one attached hydrogen (secondary N) is 1. The van der Waals surface area contributed by atoms with Gasteiger partial charge in [-0.05, 0) is 26.0 Å². The zero-order chi connectivity index (χ0) is 14.7. The minimum absolute atomic E-state index is 0.0712. The minimum atomic E-state index is -0.309. The van der Waals surface area contributed by atoms with Crippen LogP contribution in [0.25, 0.3) is 0 Å². The number of carbonyl (C=O) groups excluding carboxylic acids is 1. The van der Waals surface area contributed by atoms with Crippen LogP contribution in [-0.2, 0) is 4.74 Å². The maximum atomic E-state index is 12.2. The Labute approximate surface area is 127 Å². The minimum Gasteiger partial charge on any atom is -0.394 e. The van der Waals surface area contributed by atoms with Crippen LogP contribution >= 0.6 is 22.9 Å². The van der Waals surface area contributed by atoms with E-state index < -0.39 is 0 Å². The van der Waals surface area contributed by atoms with Gasteiger partial charge in [-0.1, -0.05) is 11.6 Å². The number of urea groups is 1. The number of nitrogens with zero attached hydrogens (tertiary/aromatic N) is 1. The molecule has 0 radical (unpaired) electrons. The van der Waals surface area contributed by atoms with E-state index in [-0.39, 0.29) is 30.9 Å². The van der Waals surface area contributed by atoms with Crippen LogP contribution in [0.2, 0.25) is 4.34 Å². The normalized spacial score (nSPS) is 24.5. The summed E-state index contributed by atoms with van der Waals surface area (Å²) < 4.78 is 6.23. The molecule has 2 amide bonds. The molecule has 2 N–H and O–H groups in total. The molecule has 0 aliphatic carbocycles. The fourth-order valence-corrected chi connectivity index (χ4v) is 3.28. The highest BCUT2D eigenvalue weighted by Gasteiger charge is 2.28. The molecule has 3 atom stereocenters. The van der Waals surface area contributed by atoms with Crippen molar-refractivity contribution in [2.45, 2.75) is 32.1 Å². The van der Waals surface area contributed by atoms with Crippen LogP contribution in [-0.4, -0.2) is 47.9 Å². The van der Waals surface area contributed by atoms with E-state index in [2.05, 4.69) is 5.32 Å². The lowest BCUT2D eigenvalue weighted by Crippen LogP contribution is -2.53. The second-order valence-corrected chi connectivity index (χ2v) is 6.72. The van der Waals surface area contributed by atoms with Gasteiger partial charge in [0.25, 0.3) is 0 Å². The summed E-state index contributed by atoms with van der Waals surface area (Å²) in [5.41, 5.74) is 0. The highest BCUT2D eigenvalue weighted by molar-refractivity contribution is 7.16. The number of carbonyl (C=O) groups is 1. The molecule has 112 valence electrons. The Kier molecular flexibility index (Phi) is 5.26. The Hall–Kier alpha value is -0.820. The van der Waals surface area contributed by atoms with Crippen molar-refractivity contribution in [3.8, 4) is 0 Å². The molecule has 1 aromatic heterocycles. The number of ether oxygens (including phenoxy) is 1. The third-order valence-electron chi connectivity index (χ3n) is 3.18. The molecule has 2 rings (SSSR count). The molecule has 0 spiro atoms. The summed E-state index contributed by atoms with van der Waals surface area (Å²) >= 11 is 7.36. The number of aliphatic hydroxyl groups excluding tert-OH is 1. The molecule has 2 heterocycles. The average Bonchev–Trinajstić information content (AvgIpc) is 2.84. The number of hydrogen-bond donors (Lipinski definition) is 2. The van der Waals surface area contributed by atoms with Crippen molar-refractivity contribution in [1.29, 1.82) is 0 Å². The van der Waals surface area contributed by atoms with Gasteiger partial charge in [-0.25, -0.2) is 4.79 Å². The molecule has 1 aliphatic heterocycles. The molecule has 0 bridgehead atoms. The first-order valence-corrected chi connectivity index (χ1v) is 7.76.